The molecule has 138 valence electrons. The molecule has 1 heterocycles. The zero-order valence-corrected chi connectivity index (χ0v) is 15.2. The molecular formula is C20H30FN2O2+. The maximum Gasteiger partial charge on any atom is 0.128 e. The Labute approximate surface area is 149 Å². The van der Waals surface area contributed by atoms with Gasteiger partial charge >= 0.3 is 0 Å². The monoisotopic (exact) mass is 349 g/mol. The molecule has 2 atom stereocenters. The molecule has 2 rings (SSSR count). The van der Waals surface area contributed by atoms with Crippen molar-refractivity contribution >= 4 is 0 Å². The number of methoxy groups -OCH3 is 1. The van der Waals surface area contributed by atoms with Crippen LogP contribution in [-0.4, -0.2) is 42.6 Å². The molecule has 1 aromatic carbocycles. The van der Waals surface area contributed by atoms with E-state index in [0.29, 0.717) is 25.3 Å². The van der Waals surface area contributed by atoms with Gasteiger partial charge in [-0.25, -0.2) is 4.39 Å². The van der Waals surface area contributed by atoms with Crippen LogP contribution >= 0.6 is 0 Å². The number of quaternary nitrogens is 1. The predicted octanol–water partition coefficient (Wildman–Crippen LogP) is 1.87. The minimum Gasteiger partial charge on any atom is -0.387 e. The van der Waals surface area contributed by atoms with Gasteiger partial charge in [0.1, 0.15) is 31.6 Å². The van der Waals surface area contributed by atoms with Crippen LogP contribution < -0.4 is 4.90 Å². The molecule has 0 aliphatic rings. The summed E-state index contributed by atoms with van der Waals surface area (Å²) in [4.78, 5) is 1.27. The maximum absolute atomic E-state index is 13.9. The second-order valence-corrected chi connectivity index (χ2v) is 6.54. The average molecular weight is 349 g/mol. The number of benzene rings is 1. The largest absolute Gasteiger partial charge is 0.387 e. The van der Waals surface area contributed by atoms with Gasteiger partial charge in [0.05, 0.1) is 18.8 Å². The fourth-order valence-corrected chi connectivity index (χ4v) is 3.11. The first kappa shape index (κ1) is 19.6. The van der Waals surface area contributed by atoms with Crippen molar-refractivity contribution in [1.82, 2.24) is 4.57 Å². The van der Waals surface area contributed by atoms with E-state index in [0.717, 1.165) is 31.6 Å². The van der Waals surface area contributed by atoms with E-state index in [9.17, 15) is 9.50 Å². The predicted molar refractivity (Wildman–Crippen MR) is 97.1 cm³/mol. The van der Waals surface area contributed by atoms with E-state index in [2.05, 4.69) is 17.6 Å². The lowest BCUT2D eigenvalue weighted by atomic mass is 10.2. The van der Waals surface area contributed by atoms with Crippen molar-refractivity contribution in [3.63, 3.8) is 0 Å². The van der Waals surface area contributed by atoms with Gasteiger partial charge in [0.25, 0.3) is 0 Å². The summed E-state index contributed by atoms with van der Waals surface area (Å²) < 4.78 is 21.2. The molecular weight excluding hydrogens is 319 g/mol. The molecule has 2 N–H and O–H groups in total. The summed E-state index contributed by atoms with van der Waals surface area (Å²) in [6.45, 7) is 5.57. The second-order valence-electron chi connectivity index (χ2n) is 6.54. The van der Waals surface area contributed by atoms with Crippen molar-refractivity contribution in [2.75, 3.05) is 26.8 Å². The number of ether oxygens (including phenoxy) is 1. The summed E-state index contributed by atoms with van der Waals surface area (Å²) in [6.07, 6.45) is 3.47. The maximum atomic E-state index is 13.9. The second kappa shape index (κ2) is 10.3. The minimum atomic E-state index is -0.299. The third kappa shape index (κ3) is 6.27. The van der Waals surface area contributed by atoms with Crippen LogP contribution in [0.25, 0.3) is 0 Å². The van der Waals surface area contributed by atoms with Gasteiger partial charge in [-0.05, 0) is 24.6 Å². The van der Waals surface area contributed by atoms with Gasteiger partial charge in [-0.1, -0.05) is 31.5 Å². The summed E-state index contributed by atoms with van der Waals surface area (Å²) in [5.74, 6) is -0.177. The van der Waals surface area contributed by atoms with Crippen LogP contribution in [0, 0.1) is 5.82 Å². The first-order valence-electron chi connectivity index (χ1n) is 9.02. The van der Waals surface area contributed by atoms with Gasteiger partial charge in [-0.2, -0.15) is 0 Å². The normalized spacial score (nSPS) is 13.8. The van der Waals surface area contributed by atoms with E-state index in [4.69, 9.17) is 4.74 Å². The Hall–Kier alpha value is -1.69. The summed E-state index contributed by atoms with van der Waals surface area (Å²) in [5, 5.41) is 10.2. The molecule has 5 heteroatoms. The van der Waals surface area contributed by atoms with E-state index < -0.39 is 0 Å². The molecule has 0 aliphatic heterocycles. The van der Waals surface area contributed by atoms with E-state index >= 15 is 0 Å². The Morgan fingerprint density at radius 2 is 2.04 bits per heavy atom. The number of nitrogens with zero attached hydrogens (tertiary/aromatic N) is 1. The Morgan fingerprint density at radius 1 is 1.24 bits per heavy atom. The SMILES string of the molecule is CCC[C@@H](O)C[NH+](CCOC)Cc1cccn1Cc1ccccc1F. The Morgan fingerprint density at radius 3 is 2.76 bits per heavy atom. The number of hydrogen-bond acceptors (Lipinski definition) is 2. The van der Waals surface area contributed by atoms with Crippen molar-refractivity contribution < 1.29 is 19.1 Å². The fraction of sp³-hybridized carbons (Fsp3) is 0.500. The lowest BCUT2D eigenvalue weighted by Crippen LogP contribution is -3.12. The zero-order chi connectivity index (χ0) is 18.1. The van der Waals surface area contributed by atoms with Crippen LogP contribution in [0.15, 0.2) is 42.6 Å². The van der Waals surface area contributed by atoms with Crippen LogP contribution in [0.3, 0.4) is 0 Å². The number of nitrogens with one attached hydrogen (secondary N) is 1. The lowest BCUT2D eigenvalue weighted by molar-refractivity contribution is -0.917. The first-order chi connectivity index (χ1) is 12.1. The number of halogens is 1. The zero-order valence-electron chi connectivity index (χ0n) is 15.2. The average Bonchev–Trinajstić information content (AvgIpc) is 3.02. The summed E-state index contributed by atoms with van der Waals surface area (Å²) in [7, 11) is 1.70. The van der Waals surface area contributed by atoms with E-state index in [1.807, 2.05) is 24.4 Å². The molecule has 0 fully saturated rings. The third-order valence-corrected chi connectivity index (χ3v) is 4.46. The van der Waals surface area contributed by atoms with E-state index in [1.54, 1.807) is 13.2 Å². The van der Waals surface area contributed by atoms with Gasteiger partial charge in [-0.15, -0.1) is 0 Å². The number of aliphatic hydroxyl groups excluding tert-OH is 1. The van der Waals surface area contributed by atoms with Crippen molar-refractivity contribution in [2.45, 2.75) is 39.0 Å². The summed E-state index contributed by atoms with van der Waals surface area (Å²) in [6, 6.07) is 10.9. The van der Waals surface area contributed by atoms with Crippen LogP contribution in [0.5, 0.6) is 0 Å². The molecule has 0 spiro atoms. The topological polar surface area (TPSA) is 38.8 Å². The third-order valence-electron chi connectivity index (χ3n) is 4.46. The molecule has 0 bridgehead atoms. The molecule has 1 aromatic heterocycles. The number of aliphatic hydroxyl groups is 1. The van der Waals surface area contributed by atoms with E-state index in [1.165, 1.54) is 11.0 Å². The van der Waals surface area contributed by atoms with E-state index in [-0.39, 0.29) is 11.9 Å². The number of rotatable bonds is 11. The van der Waals surface area contributed by atoms with Crippen molar-refractivity contribution in [2.24, 2.45) is 0 Å². The highest BCUT2D eigenvalue weighted by Crippen LogP contribution is 2.11. The molecule has 0 aliphatic carbocycles. The van der Waals surface area contributed by atoms with Crippen LogP contribution in [-0.2, 0) is 17.8 Å². The van der Waals surface area contributed by atoms with Crippen molar-refractivity contribution in [1.29, 1.82) is 0 Å². The smallest absolute Gasteiger partial charge is 0.128 e. The van der Waals surface area contributed by atoms with Gasteiger partial charge in [0.15, 0.2) is 0 Å². The molecule has 25 heavy (non-hydrogen) atoms. The highest BCUT2D eigenvalue weighted by molar-refractivity contribution is 5.19. The molecule has 0 radical (unpaired) electrons. The molecule has 4 nitrogen and oxygen atoms in total. The first-order valence-corrected chi connectivity index (χ1v) is 9.02. The Balaban J connectivity index is 2.06. The van der Waals surface area contributed by atoms with Gasteiger partial charge in [-0.3, -0.25) is 0 Å². The highest BCUT2D eigenvalue weighted by atomic mass is 19.1. The Kier molecular flexibility index (Phi) is 8.12. The molecule has 0 saturated carbocycles. The van der Waals surface area contributed by atoms with Gasteiger partial charge in [0.2, 0.25) is 0 Å². The van der Waals surface area contributed by atoms with Crippen LogP contribution in [0.1, 0.15) is 31.0 Å². The highest BCUT2D eigenvalue weighted by Gasteiger charge is 2.17. The summed E-state index contributed by atoms with van der Waals surface area (Å²) >= 11 is 0. The van der Waals surface area contributed by atoms with Crippen molar-refractivity contribution in [3.8, 4) is 0 Å². The Bertz CT molecular complexity index is 630. The fourth-order valence-electron chi connectivity index (χ4n) is 3.11. The lowest BCUT2D eigenvalue weighted by Gasteiger charge is -2.23. The van der Waals surface area contributed by atoms with Crippen LogP contribution in [0.4, 0.5) is 4.39 Å². The molecule has 0 amide bonds. The van der Waals surface area contributed by atoms with Gasteiger partial charge in [0, 0.05) is 18.9 Å². The quantitative estimate of drug-likeness (QED) is 0.650. The molecule has 1 unspecified atom stereocenters. The molecule has 2 aromatic rings. The summed E-state index contributed by atoms with van der Waals surface area (Å²) in [5.41, 5.74) is 1.82. The van der Waals surface area contributed by atoms with Gasteiger partial charge < -0.3 is 19.3 Å². The standard InChI is InChI=1S/C20H29FN2O2/c1-3-7-19(24)16-22(12-13-25-2)15-18-9-6-11-23(18)14-17-8-4-5-10-20(17)21/h4-6,8-11,19,24H,3,7,12-16H2,1-2H3/p+1/t19-/m1/s1. The van der Waals surface area contributed by atoms with Crippen molar-refractivity contribution in [3.05, 3.63) is 59.7 Å². The minimum absolute atomic E-state index is 0.177. The number of hydrogen-bond donors (Lipinski definition) is 2. The van der Waals surface area contributed by atoms with Crippen LogP contribution in [0.2, 0.25) is 0 Å². The molecule has 0 saturated heterocycles. The number of aromatic nitrogens is 1.